The van der Waals surface area contributed by atoms with E-state index in [9.17, 15) is 10.1 Å². The first-order valence-corrected chi connectivity index (χ1v) is 7.62. The molecule has 0 fully saturated rings. The van der Waals surface area contributed by atoms with E-state index in [1.165, 1.54) is 12.1 Å². The molecule has 120 valence electrons. The molecule has 2 aromatic carbocycles. The summed E-state index contributed by atoms with van der Waals surface area (Å²) >= 11 is 11.0. The summed E-state index contributed by atoms with van der Waals surface area (Å²) in [5.74, 6) is 0. The summed E-state index contributed by atoms with van der Waals surface area (Å²) in [5.41, 5.74) is 1.74. The van der Waals surface area contributed by atoms with Gasteiger partial charge in [-0.1, -0.05) is 11.6 Å². The predicted molar refractivity (Wildman–Crippen MR) is 97.3 cm³/mol. The Balaban J connectivity index is 1.69. The number of rotatable bonds is 6. The van der Waals surface area contributed by atoms with Crippen LogP contribution >= 0.6 is 23.8 Å². The number of non-ortho nitro benzene ring substituents is 1. The van der Waals surface area contributed by atoms with Crippen molar-refractivity contribution in [1.82, 2.24) is 5.32 Å². The maximum Gasteiger partial charge on any atom is 0.269 e. The molecular formula is C15H15ClN4O2S. The van der Waals surface area contributed by atoms with Crippen LogP contribution in [0.5, 0.6) is 0 Å². The van der Waals surface area contributed by atoms with Crippen LogP contribution in [0.3, 0.4) is 0 Å². The van der Waals surface area contributed by atoms with Gasteiger partial charge in [-0.25, -0.2) is 0 Å². The quantitative estimate of drug-likeness (QED) is 0.319. The van der Waals surface area contributed by atoms with E-state index in [1.807, 2.05) is 12.1 Å². The van der Waals surface area contributed by atoms with E-state index in [2.05, 4.69) is 16.0 Å². The summed E-state index contributed by atoms with van der Waals surface area (Å²) in [6.07, 6.45) is 0. The molecule has 2 aromatic rings. The van der Waals surface area contributed by atoms with Gasteiger partial charge in [-0.3, -0.25) is 10.1 Å². The molecule has 0 aliphatic heterocycles. The third kappa shape index (κ3) is 5.72. The van der Waals surface area contributed by atoms with Crippen molar-refractivity contribution in [2.45, 2.75) is 0 Å². The number of benzene rings is 2. The number of nitro groups is 1. The minimum atomic E-state index is -0.424. The van der Waals surface area contributed by atoms with Crippen LogP contribution in [0.2, 0.25) is 5.02 Å². The van der Waals surface area contributed by atoms with Crippen LogP contribution in [0.4, 0.5) is 17.1 Å². The largest absolute Gasteiger partial charge is 0.383 e. The molecular weight excluding hydrogens is 336 g/mol. The van der Waals surface area contributed by atoms with Gasteiger partial charge in [0, 0.05) is 41.6 Å². The highest BCUT2D eigenvalue weighted by molar-refractivity contribution is 7.80. The van der Waals surface area contributed by atoms with Gasteiger partial charge in [0.1, 0.15) is 0 Å². The molecule has 8 heteroatoms. The van der Waals surface area contributed by atoms with Crippen molar-refractivity contribution in [3.63, 3.8) is 0 Å². The first-order chi connectivity index (χ1) is 11.0. The summed E-state index contributed by atoms with van der Waals surface area (Å²) in [5, 5.41) is 21.0. The van der Waals surface area contributed by atoms with Crippen molar-refractivity contribution in [2.24, 2.45) is 0 Å². The maximum absolute atomic E-state index is 10.6. The van der Waals surface area contributed by atoms with Crippen LogP contribution in [0.15, 0.2) is 48.5 Å². The lowest BCUT2D eigenvalue weighted by Crippen LogP contribution is -2.32. The molecule has 0 saturated heterocycles. The fourth-order valence-electron chi connectivity index (χ4n) is 1.79. The summed E-state index contributed by atoms with van der Waals surface area (Å²) in [6.45, 7) is 1.23. The molecule has 23 heavy (non-hydrogen) atoms. The van der Waals surface area contributed by atoms with Gasteiger partial charge in [0.25, 0.3) is 5.69 Å². The van der Waals surface area contributed by atoms with Gasteiger partial charge in [0.15, 0.2) is 5.11 Å². The van der Waals surface area contributed by atoms with Gasteiger partial charge in [0.05, 0.1) is 4.92 Å². The second-order valence-electron chi connectivity index (χ2n) is 4.62. The second-order valence-corrected chi connectivity index (χ2v) is 5.46. The second kappa shape index (κ2) is 8.30. The Labute approximate surface area is 144 Å². The van der Waals surface area contributed by atoms with E-state index >= 15 is 0 Å². The molecule has 2 rings (SSSR count). The minimum absolute atomic E-state index is 0.0713. The number of nitro benzene ring substituents is 1. The number of hydrogen-bond acceptors (Lipinski definition) is 4. The maximum atomic E-state index is 10.6. The van der Waals surface area contributed by atoms with Crippen molar-refractivity contribution in [3.05, 3.63) is 63.7 Å². The van der Waals surface area contributed by atoms with Crippen molar-refractivity contribution in [3.8, 4) is 0 Å². The Kier molecular flexibility index (Phi) is 6.13. The highest BCUT2D eigenvalue weighted by Crippen LogP contribution is 2.15. The highest BCUT2D eigenvalue weighted by atomic mass is 35.5. The van der Waals surface area contributed by atoms with E-state index in [-0.39, 0.29) is 5.69 Å². The number of hydrogen-bond donors (Lipinski definition) is 3. The minimum Gasteiger partial charge on any atom is -0.383 e. The van der Waals surface area contributed by atoms with Crippen molar-refractivity contribution < 1.29 is 4.92 Å². The molecule has 0 aromatic heterocycles. The standard InChI is InChI=1S/C15H15ClN4O2S/c16-11-1-3-13(4-2-11)19-15(23)18-10-9-17-12-5-7-14(8-6-12)20(21)22/h1-8,17H,9-10H2,(H2,18,19,23). The smallest absolute Gasteiger partial charge is 0.269 e. The van der Waals surface area contributed by atoms with Crippen molar-refractivity contribution >= 4 is 46.0 Å². The van der Waals surface area contributed by atoms with Gasteiger partial charge in [0.2, 0.25) is 0 Å². The number of nitrogens with one attached hydrogen (secondary N) is 3. The molecule has 0 bridgehead atoms. The van der Waals surface area contributed by atoms with Gasteiger partial charge < -0.3 is 16.0 Å². The molecule has 0 unspecified atom stereocenters. The van der Waals surface area contributed by atoms with Crippen molar-refractivity contribution in [1.29, 1.82) is 0 Å². The zero-order valence-corrected chi connectivity index (χ0v) is 13.7. The Morgan fingerprint density at radius 2 is 1.65 bits per heavy atom. The lowest BCUT2D eigenvalue weighted by molar-refractivity contribution is -0.384. The zero-order chi connectivity index (χ0) is 16.7. The van der Waals surface area contributed by atoms with Gasteiger partial charge in [-0.15, -0.1) is 0 Å². The Morgan fingerprint density at radius 3 is 2.26 bits per heavy atom. The molecule has 0 amide bonds. The average molecular weight is 351 g/mol. The number of thiocarbonyl (C=S) groups is 1. The van der Waals surface area contributed by atoms with E-state index in [4.69, 9.17) is 23.8 Å². The van der Waals surface area contributed by atoms with Gasteiger partial charge in [-0.05, 0) is 48.6 Å². The lowest BCUT2D eigenvalue weighted by atomic mass is 10.3. The van der Waals surface area contributed by atoms with Crippen LogP contribution in [-0.2, 0) is 0 Å². The van der Waals surface area contributed by atoms with Crippen LogP contribution in [0.25, 0.3) is 0 Å². The molecule has 0 aliphatic rings. The van der Waals surface area contributed by atoms with Crippen LogP contribution < -0.4 is 16.0 Å². The Morgan fingerprint density at radius 1 is 1.04 bits per heavy atom. The summed E-state index contributed by atoms with van der Waals surface area (Å²) in [4.78, 5) is 10.1. The van der Waals surface area contributed by atoms with E-state index in [0.717, 1.165) is 11.4 Å². The molecule has 0 aliphatic carbocycles. The van der Waals surface area contributed by atoms with Crippen molar-refractivity contribution in [2.75, 3.05) is 23.7 Å². The molecule has 3 N–H and O–H groups in total. The van der Waals surface area contributed by atoms with Gasteiger partial charge >= 0.3 is 0 Å². The van der Waals surface area contributed by atoms with E-state index in [1.54, 1.807) is 24.3 Å². The lowest BCUT2D eigenvalue weighted by Gasteiger charge is -2.11. The first kappa shape index (κ1) is 17.0. The fourth-order valence-corrected chi connectivity index (χ4v) is 2.14. The number of halogens is 1. The Bertz CT molecular complexity index is 677. The topological polar surface area (TPSA) is 79.2 Å². The molecule has 0 spiro atoms. The zero-order valence-electron chi connectivity index (χ0n) is 12.1. The van der Waals surface area contributed by atoms with Crippen LogP contribution in [0, 0.1) is 10.1 Å². The Hall–Kier alpha value is -2.38. The third-order valence-corrected chi connectivity index (χ3v) is 3.42. The van der Waals surface area contributed by atoms with Crippen LogP contribution in [0.1, 0.15) is 0 Å². The molecule has 6 nitrogen and oxygen atoms in total. The number of anilines is 2. The third-order valence-electron chi connectivity index (χ3n) is 2.92. The highest BCUT2D eigenvalue weighted by Gasteiger charge is 2.03. The SMILES string of the molecule is O=[N+]([O-])c1ccc(NCCNC(=S)Nc2ccc(Cl)cc2)cc1. The van der Waals surface area contributed by atoms with E-state index in [0.29, 0.717) is 23.2 Å². The normalized spacial score (nSPS) is 9.96. The molecule has 0 atom stereocenters. The van der Waals surface area contributed by atoms with E-state index < -0.39 is 4.92 Å². The summed E-state index contributed by atoms with van der Waals surface area (Å²) in [6, 6.07) is 13.5. The average Bonchev–Trinajstić information content (AvgIpc) is 2.54. The fraction of sp³-hybridized carbons (Fsp3) is 0.133. The molecule has 0 saturated carbocycles. The summed E-state index contributed by atoms with van der Waals surface area (Å²) < 4.78 is 0. The first-order valence-electron chi connectivity index (χ1n) is 6.83. The summed E-state index contributed by atoms with van der Waals surface area (Å²) in [7, 11) is 0. The molecule has 0 heterocycles. The number of nitrogens with zero attached hydrogens (tertiary/aromatic N) is 1. The monoisotopic (exact) mass is 350 g/mol. The van der Waals surface area contributed by atoms with Gasteiger partial charge in [-0.2, -0.15) is 0 Å². The van der Waals surface area contributed by atoms with Crippen LogP contribution in [-0.4, -0.2) is 23.1 Å². The predicted octanol–water partition coefficient (Wildman–Crippen LogP) is 3.65. The molecule has 0 radical (unpaired) electrons.